The van der Waals surface area contributed by atoms with Crippen LogP contribution in [0.3, 0.4) is 0 Å². The Morgan fingerprint density at radius 3 is 2.85 bits per heavy atom. The van der Waals surface area contributed by atoms with Gasteiger partial charge >= 0.3 is 0 Å². The third-order valence-electron chi connectivity index (χ3n) is 3.60. The first-order valence-corrected chi connectivity index (χ1v) is 7.10. The van der Waals surface area contributed by atoms with Gasteiger partial charge in [-0.05, 0) is 34.3 Å². The molecule has 1 N–H and O–H groups in total. The smallest absolute Gasteiger partial charge is 0.270 e. The van der Waals surface area contributed by atoms with Gasteiger partial charge in [0.05, 0.1) is 16.6 Å². The first kappa shape index (κ1) is 14.9. The summed E-state index contributed by atoms with van der Waals surface area (Å²) >= 11 is 3.24. The number of hydrogen-bond donors (Lipinski definition) is 1. The van der Waals surface area contributed by atoms with Gasteiger partial charge in [0.15, 0.2) is 0 Å². The molecule has 1 amide bonds. The van der Waals surface area contributed by atoms with Crippen molar-refractivity contribution < 1.29 is 14.8 Å². The van der Waals surface area contributed by atoms with Gasteiger partial charge in [0, 0.05) is 29.7 Å². The minimum absolute atomic E-state index is 0.123. The van der Waals surface area contributed by atoms with Crippen LogP contribution < -0.4 is 0 Å². The predicted molar refractivity (Wildman–Crippen MR) is 76.5 cm³/mol. The standard InChI is InChI=1S/C13H15BrN2O4/c1-8-4-5-15(7-12(8)17)13(18)10-6-9(16(19)20)2-3-11(10)14/h2-3,6,8,12,17H,4-5,7H2,1H3. The van der Waals surface area contributed by atoms with E-state index < -0.39 is 11.0 Å². The van der Waals surface area contributed by atoms with Crippen LogP contribution in [0.25, 0.3) is 0 Å². The van der Waals surface area contributed by atoms with Crippen molar-refractivity contribution in [2.75, 3.05) is 13.1 Å². The number of carbonyl (C=O) groups excluding carboxylic acids is 1. The lowest BCUT2D eigenvalue weighted by Crippen LogP contribution is -2.45. The van der Waals surface area contributed by atoms with Crippen molar-refractivity contribution in [3.8, 4) is 0 Å². The van der Waals surface area contributed by atoms with Crippen LogP contribution in [-0.4, -0.2) is 40.0 Å². The number of carbonyl (C=O) groups is 1. The molecular formula is C13H15BrN2O4. The highest BCUT2D eigenvalue weighted by atomic mass is 79.9. The van der Waals surface area contributed by atoms with Gasteiger partial charge in [0.1, 0.15) is 0 Å². The van der Waals surface area contributed by atoms with Crippen molar-refractivity contribution in [1.82, 2.24) is 4.90 Å². The fourth-order valence-corrected chi connectivity index (χ4v) is 2.61. The minimum atomic E-state index is -0.551. The average molecular weight is 343 g/mol. The molecule has 0 radical (unpaired) electrons. The largest absolute Gasteiger partial charge is 0.391 e. The summed E-state index contributed by atoms with van der Waals surface area (Å²) in [6, 6.07) is 4.10. The van der Waals surface area contributed by atoms with E-state index in [0.29, 0.717) is 11.0 Å². The Morgan fingerprint density at radius 1 is 1.55 bits per heavy atom. The van der Waals surface area contributed by atoms with Crippen LogP contribution in [0.2, 0.25) is 0 Å². The number of aliphatic hydroxyl groups is 1. The number of amides is 1. The molecule has 0 bridgehead atoms. The van der Waals surface area contributed by atoms with Crippen LogP contribution in [0.5, 0.6) is 0 Å². The van der Waals surface area contributed by atoms with Gasteiger partial charge in [-0.3, -0.25) is 14.9 Å². The summed E-state index contributed by atoms with van der Waals surface area (Å²) in [5.41, 5.74) is 0.128. The molecule has 1 aromatic rings. The second kappa shape index (κ2) is 5.88. The second-order valence-electron chi connectivity index (χ2n) is 5.01. The van der Waals surface area contributed by atoms with Gasteiger partial charge in [-0.25, -0.2) is 0 Å². The zero-order chi connectivity index (χ0) is 14.9. The molecule has 7 heteroatoms. The number of nitro benzene ring substituents is 1. The molecule has 1 aromatic carbocycles. The normalized spacial score (nSPS) is 22.6. The van der Waals surface area contributed by atoms with Gasteiger partial charge in [0.2, 0.25) is 0 Å². The van der Waals surface area contributed by atoms with Crippen LogP contribution in [0.4, 0.5) is 5.69 Å². The number of aliphatic hydroxyl groups excluding tert-OH is 1. The molecule has 1 saturated heterocycles. The Hall–Kier alpha value is -1.47. The van der Waals surface area contributed by atoms with E-state index in [2.05, 4.69) is 15.9 Å². The lowest BCUT2D eigenvalue weighted by atomic mass is 9.95. The number of hydrogen-bond acceptors (Lipinski definition) is 4. The zero-order valence-electron chi connectivity index (χ0n) is 11.0. The molecule has 20 heavy (non-hydrogen) atoms. The molecular weight excluding hydrogens is 328 g/mol. The van der Waals surface area contributed by atoms with E-state index >= 15 is 0 Å². The number of nitro groups is 1. The molecule has 1 aliphatic heterocycles. The van der Waals surface area contributed by atoms with Gasteiger partial charge in [-0.15, -0.1) is 0 Å². The van der Waals surface area contributed by atoms with Crippen LogP contribution in [0.15, 0.2) is 22.7 Å². The number of halogens is 1. The summed E-state index contributed by atoms with van der Waals surface area (Å²) in [5.74, 6) is -0.140. The van der Waals surface area contributed by atoms with E-state index in [1.54, 1.807) is 0 Å². The highest BCUT2D eigenvalue weighted by Crippen LogP contribution is 2.26. The van der Waals surface area contributed by atoms with Crippen molar-refractivity contribution in [3.63, 3.8) is 0 Å². The first-order valence-electron chi connectivity index (χ1n) is 6.31. The number of nitrogens with zero attached hydrogens (tertiary/aromatic N) is 2. The number of piperidine rings is 1. The number of non-ortho nitro benzene ring substituents is 1. The predicted octanol–water partition coefficient (Wildman–Crippen LogP) is 2.20. The molecule has 0 spiro atoms. The van der Waals surface area contributed by atoms with Crippen LogP contribution in [0.1, 0.15) is 23.7 Å². The zero-order valence-corrected chi connectivity index (χ0v) is 12.5. The average Bonchev–Trinajstić information content (AvgIpc) is 2.41. The molecule has 2 rings (SSSR count). The van der Waals surface area contributed by atoms with Crippen molar-refractivity contribution >= 4 is 27.5 Å². The second-order valence-corrected chi connectivity index (χ2v) is 5.86. The van der Waals surface area contributed by atoms with E-state index in [-0.39, 0.29) is 29.6 Å². The molecule has 2 unspecified atom stereocenters. The maximum absolute atomic E-state index is 12.4. The van der Waals surface area contributed by atoms with Gasteiger partial charge in [0.25, 0.3) is 11.6 Å². The van der Waals surface area contributed by atoms with E-state index in [4.69, 9.17) is 0 Å². The third kappa shape index (κ3) is 2.99. The lowest BCUT2D eigenvalue weighted by Gasteiger charge is -2.34. The Balaban J connectivity index is 2.25. The summed E-state index contributed by atoms with van der Waals surface area (Å²) in [4.78, 5) is 24.2. The molecule has 1 fully saturated rings. The summed E-state index contributed by atoms with van der Waals surface area (Å²) in [7, 11) is 0. The molecule has 2 atom stereocenters. The Labute approximate surface area is 124 Å². The Bertz CT molecular complexity index is 549. The van der Waals surface area contributed by atoms with Crippen molar-refractivity contribution in [2.24, 2.45) is 5.92 Å². The van der Waals surface area contributed by atoms with E-state index in [1.165, 1.54) is 23.1 Å². The molecule has 0 aromatic heterocycles. The molecule has 0 saturated carbocycles. The monoisotopic (exact) mass is 342 g/mol. The van der Waals surface area contributed by atoms with Crippen LogP contribution in [0, 0.1) is 16.0 Å². The quantitative estimate of drug-likeness (QED) is 0.659. The topological polar surface area (TPSA) is 83.7 Å². The SMILES string of the molecule is CC1CCN(C(=O)c2cc([N+](=O)[O-])ccc2Br)CC1O. The summed E-state index contributed by atoms with van der Waals surface area (Å²) in [6.45, 7) is 2.75. The summed E-state index contributed by atoms with van der Waals surface area (Å²) in [6.07, 6.45) is 0.171. The van der Waals surface area contributed by atoms with E-state index in [1.807, 2.05) is 6.92 Å². The Kier molecular flexibility index (Phi) is 4.39. The number of benzene rings is 1. The fraction of sp³-hybridized carbons (Fsp3) is 0.462. The number of β-amino-alcohol motifs (C(OH)–C–C–N with tert-alkyl or cyclic N) is 1. The van der Waals surface area contributed by atoms with Crippen molar-refractivity contribution in [1.29, 1.82) is 0 Å². The maximum atomic E-state index is 12.4. The molecule has 1 heterocycles. The number of likely N-dealkylation sites (tertiary alicyclic amines) is 1. The molecule has 108 valence electrons. The van der Waals surface area contributed by atoms with Gasteiger partial charge < -0.3 is 10.0 Å². The van der Waals surface area contributed by atoms with Crippen molar-refractivity contribution in [2.45, 2.75) is 19.4 Å². The van der Waals surface area contributed by atoms with Gasteiger partial charge in [-0.2, -0.15) is 0 Å². The maximum Gasteiger partial charge on any atom is 0.270 e. The highest BCUT2D eigenvalue weighted by Gasteiger charge is 2.29. The third-order valence-corrected chi connectivity index (χ3v) is 4.29. The number of rotatable bonds is 2. The van der Waals surface area contributed by atoms with E-state index in [9.17, 15) is 20.0 Å². The molecule has 6 nitrogen and oxygen atoms in total. The summed E-state index contributed by atoms with van der Waals surface area (Å²) < 4.78 is 0.515. The van der Waals surface area contributed by atoms with E-state index in [0.717, 1.165) is 6.42 Å². The molecule has 0 aliphatic carbocycles. The molecule has 1 aliphatic rings. The highest BCUT2D eigenvalue weighted by molar-refractivity contribution is 9.10. The van der Waals surface area contributed by atoms with Crippen LogP contribution in [-0.2, 0) is 0 Å². The van der Waals surface area contributed by atoms with Gasteiger partial charge in [-0.1, -0.05) is 6.92 Å². The fourth-order valence-electron chi connectivity index (χ4n) is 2.19. The van der Waals surface area contributed by atoms with Crippen molar-refractivity contribution in [3.05, 3.63) is 38.3 Å². The van der Waals surface area contributed by atoms with Crippen LogP contribution >= 0.6 is 15.9 Å². The summed E-state index contributed by atoms with van der Waals surface area (Å²) in [5, 5.41) is 20.6. The lowest BCUT2D eigenvalue weighted by molar-refractivity contribution is -0.384. The minimum Gasteiger partial charge on any atom is -0.391 e. The Morgan fingerprint density at radius 2 is 2.25 bits per heavy atom. The first-order chi connectivity index (χ1) is 9.40.